The van der Waals surface area contributed by atoms with Crippen molar-refractivity contribution in [3.05, 3.63) is 41.5 Å². The number of nitrogens with zero attached hydrogens (tertiary/aromatic N) is 1. The molecule has 0 spiro atoms. The number of carboxylic acid groups (broad SMARTS) is 1. The number of methoxy groups -OCH3 is 1. The number of amides is 1. The Balaban J connectivity index is 1.95. The summed E-state index contributed by atoms with van der Waals surface area (Å²) in [7, 11) is 1.65. The van der Waals surface area contributed by atoms with E-state index >= 15 is 0 Å². The lowest BCUT2D eigenvalue weighted by Gasteiger charge is -2.19. The van der Waals surface area contributed by atoms with E-state index in [9.17, 15) is 9.59 Å². The number of hydrogen-bond donors (Lipinski definition) is 1. The second-order valence-electron chi connectivity index (χ2n) is 6.70. The summed E-state index contributed by atoms with van der Waals surface area (Å²) in [6.07, 6.45) is 5.07. The van der Waals surface area contributed by atoms with Crippen molar-refractivity contribution in [3.8, 4) is 5.75 Å². The van der Waals surface area contributed by atoms with Crippen LogP contribution in [-0.2, 0) is 16.0 Å². The fraction of sp³-hybridized carbons (Fsp3) is 0.500. The fourth-order valence-corrected chi connectivity index (χ4v) is 3.34. The first-order valence-corrected chi connectivity index (χ1v) is 8.79. The van der Waals surface area contributed by atoms with E-state index in [1.165, 1.54) is 0 Å². The van der Waals surface area contributed by atoms with Crippen LogP contribution in [0.2, 0.25) is 0 Å². The first kappa shape index (κ1) is 19.0. The van der Waals surface area contributed by atoms with Gasteiger partial charge in [0.1, 0.15) is 5.75 Å². The zero-order valence-electron chi connectivity index (χ0n) is 15.0. The molecule has 1 N–H and O–H groups in total. The van der Waals surface area contributed by atoms with Crippen LogP contribution in [0.5, 0.6) is 5.75 Å². The predicted molar refractivity (Wildman–Crippen MR) is 96.6 cm³/mol. The molecule has 0 aliphatic carbocycles. The molecule has 0 aromatic heterocycles. The molecule has 2 rings (SSSR count). The van der Waals surface area contributed by atoms with E-state index in [2.05, 4.69) is 0 Å². The van der Waals surface area contributed by atoms with Crippen LogP contribution in [0.25, 0.3) is 0 Å². The minimum Gasteiger partial charge on any atom is -0.496 e. The normalized spacial score (nSPS) is 18.6. The molecule has 1 aromatic rings. The average Bonchev–Trinajstić information content (AvgIpc) is 2.80. The number of para-hydroxylation sites is 1. The molecule has 0 radical (unpaired) electrons. The van der Waals surface area contributed by atoms with Crippen molar-refractivity contribution < 1.29 is 19.4 Å². The zero-order chi connectivity index (χ0) is 18.2. The van der Waals surface area contributed by atoms with Gasteiger partial charge in [0.05, 0.1) is 7.11 Å². The predicted octanol–water partition coefficient (Wildman–Crippen LogP) is 3.29. The molecule has 1 amide bonds. The van der Waals surface area contributed by atoms with Crippen LogP contribution in [0.4, 0.5) is 0 Å². The van der Waals surface area contributed by atoms with Gasteiger partial charge in [-0.25, -0.2) is 0 Å². The molecule has 25 heavy (non-hydrogen) atoms. The van der Waals surface area contributed by atoms with Gasteiger partial charge in [-0.1, -0.05) is 23.8 Å². The van der Waals surface area contributed by atoms with E-state index in [1.54, 1.807) is 13.2 Å². The third kappa shape index (κ3) is 5.93. The molecule has 1 unspecified atom stereocenters. The summed E-state index contributed by atoms with van der Waals surface area (Å²) in [5.74, 6) is 0.267. The van der Waals surface area contributed by atoms with Gasteiger partial charge in [0.25, 0.3) is 0 Å². The number of aliphatic carboxylic acids is 1. The van der Waals surface area contributed by atoms with Gasteiger partial charge in [-0.3, -0.25) is 9.59 Å². The Morgan fingerprint density at radius 2 is 2.04 bits per heavy atom. The highest BCUT2D eigenvalue weighted by Gasteiger charge is 2.21. The summed E-state index contributed by atoms with van der Waals surface area (Å²) >= 11 is 0. The number of rotatable bonds is 6. The number of carbonyl (C=O) groups excluding carboxylic acids is 1. The molecular weight excluding hydrogens is 318 g/mol. The van der Waals surface area contributed by atoms with Gasteiger partial charge < -0.3 is 14.7 Å². The highest BCUT2D eigenvalue weighted by molar-refractivity contribution is 5.88. The molecule has 1 aliphatic rings. The molecule has 136 valence electrons. The second kappa shape index (κ2) is 9.25. The van der Waals surface area contributed by atoms with E-state index < -0.39 is 5.97 Å². The Labute approximate surface area is 149 Å². The number of hydrogen-bond acceptors (Lipinski definition) is 3. The Bertz CT molecular complexity index is 638. The van der Waals surface area contributed by atoms with Crippen molar-refractivity contribution in [1.82, 2.24) is 4.90 Å². The maximum atomic E-state index is 12.5. The van der Waals surface area contributed by atoms with Crippen molar-refractivity contribution in [3.63, 3.8) is 0 Å². The minimum atomic E-state index is -0.752. The van der Waals surface area contributed by atoms with Crippen LogP contribution in [0.1, 0.15) is 38.2 Å². The Kier molecular flexibility index (Phi) is 7.04. The Morgan fingerprint density at radius 3 is 2.76 bits per heavy atom. The molecule has 0 saturated carbocycles. The smallest absolute Gasteiger partial charge is 0.303 e. The molecule has 5 heteroatoms. The van der Waals surface area contributed by atoms with Gasteiger partial charge in [-0.15, -0.1) is 0 Å². The highest BCUT2D eigenvalue weighted by atomic mass is 16.5. The van der Waals surface area contributed by atoms with E-state index in [4.69, 9.17) is 9.84 Å². The largest absolute Gasteiger partial charge is 0.496 e. The van der Waals surface area contributed by atoms with Crippen molar-refractivity contribution >= 4 is 11.9 Å². The standard InChI is InChI=1S/C20H27NO4/c1-15(12-17-7-3-4-8-18(17)25-2)13-19(22)21-10-5-6-16(9-11-21)14-20(23)24/h3-4,7-8,13,16H,5-6,9-12,14H2,1-2H3,(H,23,24)/b15-13+. The quantitative estimate of drug-likeness (QED) is 0.804. The molecule has 0 bridgehead atoms. The van der Waals surface area contributed by atoms with E-state index in [0.29, 0.717) is 19.5 Å². The number of benzene rings is 1. The lowest BCUT2D eigenvalue weighted by molar-refractivity contribution is -0.138. The molecular formula is C20H27NO4. The summed E-state index contributed by atoms with van der Waals surface area (Å²) < 4.78 is 5.36. The molecule has 5 nitrogen and oxygen atoms in total. The van der Waals surface area contributed by atoms with Gasteiger partial charge >= 0.3 is 5.97 Å². The summed E-state index contributed by atoms with van der Waals surface area (Å²) in [6, 6.07) is 7.81. The number of carbonyl (C=O) groups is 2. The minimum absolute atomic E-state index is 0.0170. The third-order valence-electron chi connectivity index (χ3n) is 4.65. The van der Waals surface area contributed by atoms with E-state index in [-0.39, 0.29) is 18.2 Å². The van der Waals surface area contributed by atoms with Gasteiger partial charge in [-0.2, -0.15) is 0 Å². The maximum absolute atomic E-state index is 12.5. The molecule has 1 fully saturated rings. The van der Waals surface area contributed by atoms with Crippen LogP contribution in [0.15, 0.2) is 35.9 Å². The van der Waals surface area contributed by atoms with Crippen molar-refractivity contribution in [2.45, 2.75) is 39.0 Å². The van der Waals surface area contributed by atoms with E-state index in [0.717, 1.165) is 36.1 Å². The third-order valence-corrected chi connectivity index (χ3v) is 4.65. The van der Waals surface area contributed by atoms with Crippen LogP contribution in [-0.4, -0.2) is 42.1 Å². The lowest BCUT2D eigenvalue weighted by Crippen LogP contribution is -2.30. The molecule has 1 heterocycles. The zero-order valence-corrected chi connectivity index (χ0v) is 15.0. The van der Waals surface area contributed by atoms with Crippen LogP contribution in [0, 0.1) is 5.92 Å². The van der Waals surface area contributed by atoms with Crippen molar-refractivity contribution in [1.29, 1.82) is 0 Å². The second-order valence-corrected chi connectivity index (χ2v) is 6.70. The summed E-state index contributed by atoms with van der Waals surface area (Å²) in [4.78, 5) is 25.2. The van der Waals surface area contributed by atoms with Gasteiger partial charge in [0.2, 0.25) is 5.91 Å². The summed E-state index contributed by atoms with van der Waals surface area (Å²) in [5.41, 5.74) is 2.05. The SMILES string of the molecule is COc1ccccc1C/C(C)=C/C(=O)N1CCCC(CC(=O)O)CC1. The molecule has 1 aromatic carbocycles. The number of likely N-dealkylation sites (tertiary alicyclic amines) is 1. The monoisotopic (exact) mass is 345 g/mol. The topological polar surface area (TPSA) is 66.8 Å². The first-order chi connectivity index (χ1) is 12.0. The molecule has 1 aliphatic heterocycles. The Morgan fingerprint density at radius 1 is 1.28 bits per heavy atom. The van der Waals surface area contributed by atoms with Gasteiger partial charge in [0.15, 0.2) is 0 Å². The van der Waals surface area contributed by atoms with Crippen LogP contribution >= 0.6 is 0 Å². The number of ether oxygens (including phenoxy) is 1. The summed E-state index contributed by atoms with van der Waals surface area (Å²) in [6.45, 7) is 3.29. The molecule has 1 saturated heterocycles. The fourth-order valence-electron chi connectivity index (χ4n) is 3.34. The Hall–Kier alpha value is -2.30. The number of carboxylic acids is 1. The van der Waals surface area contributed by atoms with Gasteiger partial charge in [0, 0.05) is 25.6 Å². The lowest BCUT2D eigenvalue weighted by atomic mass is 9.97. The molecule has 1 atom stereocenters. The highest BCUT2D eigenvalue weighted by Crippen LogP contribution is 2.22. The average molecular weight is 345 g/mol. The maximum Gasteiger partial charge on any atom is 0.303 e. The summed E-state index contributed by atoms with van der Waals surface area (Å²) in [5, 5.41) is 8.93. The number of allylic oxidation sites excluding steroid dienone is 1. The van der Waals surface area contributed by atoms with Crippen molar-refractivity contribution in [2.24, 2.45) is 5.92 Å². The van der Waals surface area contributed by atoms with Crippen LogP contribution in [0.3, 0.4) is 0 Å². The van der Waals surface area contributed by atoms with Crippen molar-refractivity contribution in [2.75, 3.05) is 20.2 Å². The first-order valence-electron chi connectivity index (χ1n) is 8.79. The van der Waals surface area contributed by atoms with Crippen LogP contribution < -0.4 is 4.74 Å². The van der Waals surface area contributed by atoms with Gasteiger partial charge in [-0.05, 0) is 50.2 Å². The van der Waals surface area contributed by atoms with E-state index in [1.807, 2.05) is 36.1 Å².